The number of nitro groups is 1. The molecule has 1 N–H and O–H groups in total. The van der Waals surface area contributed by atoms with E-state index in [9.17, 15) is 19.7 Å². The molecule has 186 valence electrons. The molecule has 0 heterocycles. The molecule has 0 saturated heterocycles. The van der Waals surface area contributed by atoms with Crippen molar-refractivity contribution < 1.29 is 33.5 Å². The van der Waals surface area contributed by atoms with Crippen LogP contribution in [0.4, 0.5) is 5.69 Å². The number of methoxy groups -OCH3 is 2. The maximum absolute atomic E-state index is 12.4. The van der Waals surface area contributed by atoms with Crippen LogP contribution in [-0.4, -0.2) is 43.8 Å². The minimum Gasteiger partial charge on any atom is -0.497 e. The second-order valence-corrected chi connectivity index (χ2v) is 7.84. The van der Waals surface area contributed by atoms with Crippen molar-refractivity contribution in [1.82, 2.24) is 5.43 Å². The average Bonchev–Trinajstić information content (AvgIpc) is 2.88. The molecule has 0 unspecified atom stereocenters. The van der Waals surface area contributed by atoms with Gasteiger partial charge in [-0.25, -0.2) is 10.2 Å². The summed E-state index contributed by atoms with van der Waals surface area (Å²) in [4.78, 5) is 34.6. The van der Waals surface area contributed by atoms with Gasteiger partial charge in [0.05, 0.1) is 35.4 Å². The first-order valence-corrected chi connectivity index (χ1v) is 11.0. The van der Waals surface area contributed by atoms with Crippen LogP contribution in [0.15, 0.2) is 70.2 Å². The number of nitro benzene ring substituents is 1. The number of rotatable bonds is 10. The van der Waals surface area contributed by atoms with Gasteiger partial charge in [-0.3, -0.25) is 14.9 Å². The van der Waals surface area contributed by atoms with Gasteiger partial charge in [0.2, 0.25) is 0 Å². The summed E-state index contributed by atoms with van der Waals surface area (Å²) in [5.74, 6) is 0.313. The molecule has 3 aromatic rings. The molecule has 0 bridgehead atoms. The molecule has 0 spiro atoms. The van der Waals surface area contributed by atoms with Gasteiger partial charge in [-0.05, 0) is 70.0 Å². The second-order valence-electron chi connectivity index (χ2n) is 6.98. The Morgan fingerprint density at radius 3 is 2.36 bits per heavy atom. The van der Waals surface area contributed by atoms with Crippen molar-refractivity contribution >= 4 is 39.7 Å². The minimum absolute atomic E-state index is 0.139. The number of hydrogen-bond donors (Lipinski definition) is 1. The topological polar surface area (TPSA) is 139 Å². The smallest absolute Gasteiger partial charge is 0.343 e. The molecule has 0 aliphatic carbocycles. The van der Waals surface area contributed by atoms with Gasteiger partial charge in [0, 0.05) is 12.1 Å². The summed E-state index contributed by atoms with van der Waals surface area (Å²) in [5, 5.41) is 14.6. The fraction of sp³-hybridized carbons (Fsp3) is 0.125. The highest BCUT2D eigenvalue weighted by Gasteiger charge is 2.14. The summed E-state index contributed by atoms with van der Waals surface area (Å²) in [6.07, 6.45) is 1.38. The molecule has 0 radical (unpaired) electrons. The van der Waals surface area contributed by atoms with Crippen molar-refractivity contribution in [1.29, 1.82) is 0 Å². The van der Waals surface area contributed by atoms with Crippen molar-refractivity contribution in [3.63, 3.8) is 0 Å². The number of nitrogens with one attached hydrogen (secondary N) is 1. The summed E-state index contributed by atoms with van der Waals surface area (Å²) in [6.45, 7) is -0.261. The lowest BCUT2D eigenvalue weighted by atomic mass is 10.2. The molecule has 0 atom stereocenters. The fourth-order valence-electron chi connectivity index (χ4n) is 2.81. The summed E-state index contributed by atoms with van der Waals surface area (Å²) in [7, 11) is 2.95. The van der Waals surface area contributed by atoms with E-state index in [1.54, 1.807) is 37.4 Å². The number of esters is 1. The highest BCUT2D eigenvalue weighted by Crippen LogP contribution is 2.30. The first kappa shape index (κ1) is 26.2. The van der Waals surface area contributed by atoms with Gasteiger partial charge in [0.1, 0.15) is 11.5 Å². The molecular weight excluding hydrogens is 538 g/mol. The van der Waals surface area contributed by atoms with Crippen LogP contribution in [0.2, 0.25) is 0 Å². The van der Waals surface area contributed by atoms with Crippen LogP contribution in [0.25, 0.3) is 0 Å². The number of ether oxygens (including phenoxy) is 4. The zero-order valence-corrected chi connectivity index (χ0v) is 20.7. The zero-order valence-electron chi connectivity index (χ0n) is 19.1. The normalized spacial score (nSPS) is 10.5. The lowest BCUT2D eigenvalue weighted by molar-refractivity contribution is -0.384. The van der Waals surface area contributed by atoms with Gasteiger partial charge in [-0.15, -0.1) is 0 Å². The number of nitrogens with zero attached hydrogens (tertiary/aromatic N) is 2. The fourth-order valence-corrected chi connectivity index (χ4v) is 3.28. The van der Waals surface area contributed by atoms with Crippen molar-refractivity contribution in [2.45, 2.75) is 0 Å². The first-order valence-electron chi connectivity index (χ1n) is 10.2. The van der Waals surface area contributed by atoms with Crippen molar-refractivity contribution in [2.24, 2.45) is 5.10 Å². The molecule has 11 nitrogen and oxygen atoms in total. The minimum atomic E-state index is -0.708. The van der Waals surface area contributed by atoms with E-state index in [4.69, 9.17) is 18.9 Å². The van der Waals surface area contributed by atoms with E-state index < -0.39 is 16.8 Å². The average molecular weight is 558 g/mol. The Kier molecular flexibility index (Phi) is 8.95. The van der Waals surface area contributed by atoms with Gasteiger partial charge < -0.3 is 18.9 Å². The predicted octanol–water partition coefficient (Wildman–Crippen LogP) is 4.12. The molecule has 0 aromatic heterocycles. The number of hydrogen-bond acceptors (Lipinski definition) is 9. The van der Waals surface area contributed by atoms with Crippen LogP contribution in [-0.2, 0) is 4.79 Å². The molecule has 36 heavy (non-hydrogen) atoms. The van der Waals surface area contributed by atoms with Crippen LogP contribution in [0, 0.1) is 10.1 Å². The van der Waals surface area contributed by atoms with Crippen LogP contribution in [0.5, 0.6) is 23.0 Å². The van der Waals surface area contributed by atoms with E-state index in [2.05, 4.69) is 26.5 Å². The summed E-state index contributed by atoms with van der Waals surface area (Å²) in [5.41, 5.74) is 2.91. The van der Waals surface area contributed by atoms with E-state index in [1.165, 1.54) is 43.7 Å². The number of amides is 1. The monoisotopic (exact) mass is 557 g/mol. The van der Waals surface area contributed by atoms with Crippen LogP contribution >= 0.6 is 15.9 Å². The van der Waals surface area contributed by atoms with Gasteiger partial charge in [0.25, 0.3) is 11.6 Å². The number of carbonyl (C=O) groups excluding carboxylic acids is 2. The molecule has 0 fully saturated rings. The number of carbonyl (C=O) groups is 2. The zero-order chi connectivity index (χ0) is 26.1. The van der Waals surface area contributed by atoms with E-state index in [1.807, 2.05) is 0 Å². The van der Waals surface area contributed by atoms with Crippen LogP contribution < -0.4 is 24.4 Å². The molecule has 0 aliphatic heterocycles. The van der Waals surface area contributed by atoms with Gasteiger partial charge in [-0.1, -0.05) is 0 Å². The first-order chi connectivity index (χ1) is 17.3. The van der Waals surface area contributed by atoms with Crippen LogP contribution in [0.1, 0.15) is 15.9 Å². The summed E-state index contributed by atoms with van der Waals surface area (Å²) >= 11 is 3.34. The van der Waals surface area contributed by atoms with E-state index in [0.717, 1.165) is 0 Å². The van der Waals surface area contributed by atoms with E-state index in [-0.39, 0.29) is 29.4 Å². The Balaban J connectivity index is 1.56. The quantitative estimate of drug-likeness (QED) is 0.129. The van der Waals surface area contributed by atoms with Gasteiger partial charge in [-0.2, -0.15) is 5.10 Å². The number of hydrazone groups is 1. The van der Waals surface area contributed by atoms with Crippen LogP contribution in [0.3, 0.4) is 0 Å². The Labute approximate surface area is 213 Å². The lowest BCUT2D eigenvalue weighted by Gasteiger charge is -2.10. The Morgan fingerprint density at radius 1 is 1.00 bits per heavy atom. The third-order valence-electron chi connectivity index (χ3n) is 4.60. The molecule has 3 rings (SSSR count). The third kappa shape index (κ3) is 7.03. The number of benzene rings is 3. The van der Waals surface area contributed by atoms with E-state index in [0.29, 0.717) is 21.5 Å². The molecular formula is C24H20BrN3O8. The third-order valence-corrected chi connectivity index (χ3v) is 5.22. The number of non-ortho nitro benzene ring substituents is 1. The summed E-state index contributed by atoms with van der Waals surface area (Å²) < 4.78 is 21.8. The Morgan fingerprint density at radius 2 is 1.72 bits per heavy atom. The Bertz CT molecular complexity index is 1300. The van der Waals surface area contributed by atoms with Crippen molar-refractivity contribution in [2.75, 3.05) is 20.8 Å². The standard InChI is InChI=1S/C24H20BrN3O8/c1-33-18-8-10-20(19(25)12-18)35-14-23(29)27-26-13-15-3-9-21(22(11-15)34-2)36-24(30)16-4-6-17(7-5-16)28(31)32/h3-13H,14H2,1-2H3,(H,27,29)/b26-13-. The highest BCUT2D eigenvalue weighted by molar-refractivity contribution is 9.10. The van der Waals surface area contributed by atoms with Crippen molar-refractivity contribution in [3.05, 3.63) is 86.4 Å². The maximum Gasteiger partial charge on any atom is 0.343 e. The molecule has 0 aliphatic rings. The largest absolute Gasteiger partial charge is 0.497 e. The maximum atomic E-state index is 12.4. The molecule has 0 saturated carbocycles. The lowest BCUT2D eigenvalue weighted by Crippen LogP contribution is -2.24. The van der Waals surface area contributed by atoms with Gasteiger partial charge >= 0.3 is 5.97 Å². The van der Waals surface area contributed by atoms with Gasteiger partial charge in [0.15, 0.2) is 18.1 Å². The highest BCUT2D eigenvalue weighted by atomic mass is 79.9. The number of halogens is 1. The Hall–Kier alpha value is -4.45. The molecule has 3 aromatic carbocycles. The van der Waals surface area contributed by atoms with Crippen molar-refractivity contribution in [3.8, 4) is 23.0 Å². The SMILES string of the molecule is COc1ccc(OCC(=O)N/N=C\c2ccc(OC(=O)c3ccc([N+](=O)[O-])cc3)c(OC)c2)c(Br)c1. The van der Waals surface area contributed by atoms with E-state index >= 15 is 0 Å². The molecule has 12 heteroatoms. The second kappa shape index (κ2) is 12.3. The predicted molar refractivity (Wildman–Crippen MR) is 133 cm³/mol. The summed E-state index contributed by atoms with van der Waals surface area (Å²) in [6, 6.07) is 14.8. The molecule has 1 amide bonds.